The Labute approximate surface area is 382 Å². The number of hydroxylamine groups is 1. The van der Waals surface area contributed by atoms with E-state index < -0.39 is 128 Å². The average Bonchev–Trinajstić information content (AvgIpc) is 3.22. The fourth-order valence-electron chi connectivity index (χ4n) is 6.66. The van der Waals surface area contributed by atoms with Gasteiger partial charge in [-0.3, -0.25) is 15.3 Å². The fourth-order valence-corrected chi connectivity index (χ4v) is 11.1. The summed E-state index contributed by atoms with van der Waals surface area (Å²) < 4.78 is 280. The number of benzene rings is 2. The third-order valence-corrected chi connectivity index (χ3v) is 16.3. The van der Waals surface area contributed by atoms with Crippen LogP contribution in [0.15, 0.2) is 66.3 Å². The van der Waals surface area contributed by atoms with Crippen LogP contribution >= 0.6 is 0 Å². The lowest BCUT2D eigenvalue weighted by atomic mass is 9.88. The Kier molecular flexibility index (Phi) is 19.7. The van der Waals surface area contributed by atoms with Crippen LogP contribution in [-0.2, 0) is 14.0 Å². The van der Waals surface area contributed by atoms with Gasteiger partial charge in [0.05, 0.1) is 12.3 Å². The molecule has 8 nitrogen and oxygen atoms in total. The molecule has 0 aromatic heterocycles. The van der Waals surface area contributed by atoms with E-state index >= 15 is 8.78 Å². The van der Waals surface area contributed by atoms with Gasteiger partial charge in [0.1, 0.15) is 30.1 Å². The van der Waals surface area contributed by atoms with E-state index in [0.29, 0.717) is 30.0 Å². The smallest absolute Gasteiger partial charge is 0.460 e. The van der Waals surface area contributed by atoms with Crippen LogP contribution in [0.25, 0.3) is 0 Å². The Morgan fingerprint density at radius 2 is 1.25 bits per heavy atom. The molecule has 0 fully saturated rings. The summed E-state index contributed by atoms with van der Waals surface area (Å²) >= 11 is 0. The molecule has 0 saturated heterocycles. The van der Waals surface area contributed by atoms with Crippen LogP contribution in [0.2, 0.25) is 17.1 Å². The Morgan fingerprint density at radius 3 is 1.74 bits per heavy atom. The molecular formula is C41H45F19N2O6Si. The lowest BCUT2D eigenvalue weighted by Crippen LogP contribution is -2.74. The number of carbonyl (C=O) groups is 2. The van der Waals surface area contributed by atoms with Gasteiger partial charge in [0, 0.05) is 18.6 Å². The van der Waals surface area contributed by atoms with E-state index in [2.05, 4.69) is 5.32 Å². The van der Waals surface area contributed by atoms with Gasteiger partial charge >= 0.3 is 53.7 Å². The highest BCUT2D eigenvalue weighted by molar-refractivity contribution is 6.76. The lowest BCUT2D eigenvalue weighted by Gasteiger charge is -2.44. The van der Waals surface area contributed by atoms with Gasteiger partial charge in [-0.25, -0.2) is 19.1 Å². The lowest BCUT2D eigenvalue weighted by molar-refractivity contribution is -0.461. The number of anilines is 1. The van der Waals surface area contributed by atoms with Crippen molar-refractivity contribution in [2.45, 2.75) is 131 Å². The number of hydrogen-bond acceptors (Lipinski definition) is 6. The molecule has 2 amide bonds. The summed E-state index contributed by atoms with van der Waals surface area (Å²) in [5.41, 5.74) is -0.0385. The van der Waals surface area contributed by atoms with E-state index in [1.165, 1.54) is 57.4 Å². The van der Waals surface area contributed by atoms with E-state index in [0.717, 1.165) is 18.2 Å². The summed E-state index contributed by atoms with van der Waals surface area (Å²) in [7, 11) is -4.05. The van der Waals surface area contributed by atoms with Crippen LogP contribution < -0.4 is 15.5 Å². The molecule has 69 heavy (non-hydrogen) atoms. The number of nitrogens with one attached hydrogen (secondary N) is 2. The predicted molar refractivity (Wildman–Crippen MR) is 210 cm³/mol. The van der Waals surface area contributed by atoms with Crippen molar-refractivity contribution in [2.75, 3.05) is 18.5 Å². The van der Waals surface area contributed by atoms with Crippen molar-refractivity contribution >= 4 is 26.0 Å². The van der Waals surface area contributed by atoms with Gasteiger partial charge in [0.25, 0.3) is 5.91 Å². The normalized spacial score (nSPS) is 14.7. The maximum Gasteiger partial charge on any atom is 0.460 e. The van der Waals surface area contributed by atoms with E-state index in [1.54, 1.807) is 19.1 Å². The van der Waals surface area contributed by atoms with Crippen molar-refractivity contribution in [1.29, 1.82) is 0 Å². The molecule has 1 atom stereocenters. The third-order valence-electron chi connectivity index (χ3n) is 10.7. The SMILES string of the molecule is CC(/C=C/CCC[C@@H](OC(=O)Nc1ccc(F)cc1F)c1ccc(OCCO[Si](CCC(F)(F)C(F)(F)C(F)(F)C(F)(F)C(F)(F)C(F)(F)C(F)(F)C(F)(F)F)(C(C)C)C(C)C)cc1)=C\C(=O)NO. The minimum atomic E-state index is -8.72. The zero-order valence-electron chi connectivity index (χ0n) is 36.6. The zero-order valence-corrected chi connectivity index (χ0v) is 37.6. The Hall–Kier alpha value is -4.73. The van der Waals surface area contributed by atoms with Crippen molar-refractivity contribution in [1.82, 2.24) is 5.48 Å². The molecule has 2 aromatic rings. The van der Waals surface area contributed by atoms with E-state index in [4.69, 9.17) is 19.1 Å². The minimum absolute atomic E-state index is 0.0575. The summed E-state index contributed by atoms with van der Waals surface area (Å²) in [6, 6.07) is 6.44. The molecule has 0 saturated carbocycles. The molecule has 0 aliphatic heterocycles. The monoisotopic (exact) mass is 1050 g/mol. The van der Waals surface area contributed by atoms with E-state index in [9.17, 15) is 84.2 Å². The topological polar surface area (TPSA) is 106 Å². The van der Waals surface area contributed by atoms with Crippen LogP contribution in [0.1, 0.15) is 72.0 Å². The molecule has 2 rings (SSSR count). The fraction of sp³-hybridized carbons (Fsp3) is 0.561. The summed E-state index contributed by atoms with van der Waals surface area (Å²) in [6.45, 7) is 5.67. The minimum Gasteiger partial charge on any atom is -0.491 e. The van der Waals surface area contributed by atoms with Crippen LogP contribution in [0.3, 0.4) is 0 Å². The van der Waals surface area contributed by atoms with Gasteiger partial charge in [-0.15, -0.1) is 0 Å². The maximum atomic E-state index is 15.0. The Balaban J connectivity index is 2.28. The Morgan fingerprint density at radius 1 is 0.725 bits per heavy atom. The predicted octanol–water partition coefficient (Wildman–Crippen LogP) is 14.0. The van der Waals surface area contributed by atoms with Gasteiger partial charge in [-0.05, 0) is 78.7 Å². The first kappa shape index (κ1) is 60.4. The number of ether oxygens (including phenoxy) is 2. The quantitative estimate of drug-likeness (QED) is 0.0174. The first-order valence-electron chi connectivity index (χ1n) is 20.1. The van der Waals surface area contributed by atoms with Gasteiger partial charge in [0.2, 0.25) is 0 Å². The number of allylic oxidation sites excluding steroid dienone is 3. The number of unbranched alkanes of at least 4 members (excludes halogenated alkanes) is 1. The van der Waals surface area contributed by atoms with Crippen molar-refractivity contribution in [3.63, 3.8) is 0 Å². The molecular weight excluding hydrogens is 1010 g/mol. The molecule has 0 spiro atoms. The van der Waals surface area contributed by atoms with E-state index in [1.807, 2.05) is 0 Å². The second-order valence-corrected chi connectivity index (χ2v) is 21.0. The highest BCUT2D eigenvalue weighted by Crippen LogP contribution is 2.64. The second kappa shape index (κ2) is 22.6. The number of alkyl halides is 17. The molecule has 0 aliphatic rings. The molecule has 2 aromatic carbocycles. The van der Waals surface area contributed by atoms with Crippen LogP contribution in [0, 0.1) is 11.6 Å². The second-order valence-electron chi connectivity index (χ2n) is 16.0. The van der Waals surface area contributed by atoms with Crippen LogP contribution in [0.4, 0.5) is 93.9 Å². The first-order chi connectivity index (χ1) is 31.3. The van der Waals surface area contributed by atoms with Crippen LogP contribution in [-0.4, -0.2) is 86.4 Å². The third kappa shape index (κ3) is 13.2. The number of hydrogen-bond donors (Lipinski definition) is 3. The molecule has 0 bridgehead atoms. The van der Waals surface area contributed by atoms with Gasteiger partial charge in [-0.2, -0.15) is 74.6 Å². The van der Waals surface area contributed by atoms with Gasteiger partial charge < -0.3 is 13.9 Å². The van der Waals surface area contributed by atoms with Gasteiger partial charge in [-0.1, -0.05) is 52.0 Å². The highest BCUT2D eigenvalue weighted by atomic mass is 28.4. The Bertz CT molecular complexity index is 2090. The molecule has 28 heteroatoms. The van der Waals surface area contributed by atoms with Crippen molar-refractivity contribution in [3.05, 3.63) is 83.5 Å². The number of carbonyl (C=O) groups excluding carboxylic acids is 2. The molecule has 3 N–H and O–H groups in total. The largest absolute Gasteiger partial charge is 0.491 e. The van der Waals surface area contributed by atoms with Crippen molar-refractivity contribution in [2.24, 2.45) is 0 Å². The zero-order chi connectivity index (χ0) is 53.4. The molecule has 392 valence electrons. The summed E-state index contributed by atoms with van der Waals surface area (Å²) in [5.74, 6) is -59.8. The number of halogens is 19. The number of rotatable bonds is 25. The van der Waals surface area contributed by atoms with Crippen LogP contribution in [0.5, 0.6) is 5.75 Å². The summed E-state index contributed by atoms with van der Waals surface area (Å²) in [4.78, 5) is 24.1. The maximum absolute atomic E-state index is 15.0. The molecule has 0 radical (unpaired) electrons. The summed E-state index contributed by atoms with van der Waals surface area (Å²) in [5, 5.41) is 10.8. The molecule has 0 aliphatic carbocycles. The summed E-state index contributed by atoms with van der Waals surface area (Å²) in [6.07, 6.45) is -7.49. The average molecular weight is 1050 g/mol. The van der Waals surface area contributed by atoms with E-state index in [-0.39, 0.29) is 12.2 Å². The van der Waals surface area contributed by atoms with Crippen molar-refractivity contribution in [3.8, 4) is 5.75 Å². The molecule has 0 heterocycles. The standard InChI is InChI=1S/C41H45F19N2O6Si/c1-23(2)69(24(3)4,20-17-34(44,45)35(46,47)36(48,49)37(50,51)38(52,53)39(54,55)40(56,57)41(58,59)60)67-19-18-66-28-14-11-26(12-15-28)31(10-8-6-7-9-25(5)21-32(63)62-65)68-33(64)61-30-16-13-27(42)22-29(30)43/h7,9,11-16,21-24,31,65H,6,8,10,17-20H2,1-5H3,(H,61,64)(H,62,63)/b9-7+,25-21+/t31-/m1/s1. The number of amides is 2. The highest BCUT2D eigenvalue weighted by Gasteiger charge is 2.95. The first-order valence-corrected chi connectivity index (χ1v) is 22.4. The van der Waals surface area contributed by atoms with Crippen molar-refractivity contribution < 1.29 is 112 Å². The van der Waals surface area contributed by atoms with Gasteiger partial charge in [0.15, 0.2) is 8.32 Å². The molecule has 0 unspecified atom stereocenters.